The van der Waals surface area contributed by atoms with Crippen LogP contribution in [0.2, 0.25) is 0 Å². The molecule has 1 aromatic heterocycles. The third-order valence-corrected chi connectivity index (χ3v) is 5.07. The van der Waals surface area contributed by atoms with Crippen LogP contribution in [0.15, 0.2) is 53.9 Å². The van der Waals surface area contributed by atoms with Gasteiger partial charge in [-0.15, -0.1) is 11.3 Å². The number of nitrogens with zero attached hydrogens (tertiary/aromatic N) is 2. The molecule has 0 bridgehead atoms. The minimum absolute atomic E-state index is 0.0840. The molecule has 0 aliphatic rings. The van der Waals surface area contributed by atoms with Crippen LogP contribution in [0, 0.1) is 0 Å². The summed E-state index contributed by atoms with van der Waals surface area (Å²) >= 11 is 1.27. The third-order valence-electron chi connectivity index (χ3n) is 4.27. The summed E-state index contributed by atoms with van der Waals surface area (Å²) in [6, 6.07) is 14.3. The van der Waals surface area contributed by atoms with Gasteiger partial charge in [-0.2, -0.15) is 0 Å². The number of thiazole rings is 1. The Morgan fingerprint density at radius 3 is 2.48 bits per heavy atom. The molecule has 0 fully saturated rings. The number of methoxy groups -OCH3 is 2. The second-order valence-electron chi connectivity index (χ2n) is 6.13. The van der Waals surface area contributed by atoms with E-state index >= 15 is 0 Å². The van der Waals surface area contributed by atoms with Gasteiger partial charge in [0.05, 0.1) is 26.3 Å². The summed E-state index contributed by atoms with van der Waals surface area (Å²) in [7, 11) is 4.77. The van der Waals surface area contributed by atoms with E-state index in [2.05, 4.69) is 10.3 Å². The largest absolute Gasteiger partial charge is 0.493 e. The summed E-state index contributed by atoms with van der Waals surface area (Å²) in [5.41, 5.74) is 1.83. The van der Waals surface area contributed by atoms with Gasteiger partial charge in [-0.25, -0.2) is 4.98 Å². The van der Waals surface area contributed by atoms with Gasteiger partial charge >= 0.3 is 0 Å². The first kappa shape index (κ1) is 20.3. The number of hydrogen-bond donors (Lipinski definition) is 1. The fourth-order valence-electron chi connectivity index (χ4n) is 2.66. The third kappa shape index (κ3) is 4.91. The lowest BCUT2D eigenvalue weighted by atomic mass is 10.2. The number of anilines is 2. The monoisotopic (exact) mass is 411 g/mol. The second kappa shape index (κ2) is 9.20. The SMILES string of the molecule is COc1ccc(C(=O)Nc2nc(CC(=O)N(C)c3ccccc3)cs2)cc1OC. The van der Waals surface area contributed by atoms with E-state index in [9.17, 15) is 9.59 Å². The molecule has 29 heavy (non-hydrogen) atoms. The van der Waals surface area contributed by atoms with E-state index in [1.165, 1.54) is 25.6 Å². The molecule has 150 valence electrons. The highest BCUT2D eigenvalue weighted by atomic mass is 32.1. The molecule has 0 atom stereocenters. The number of carbonyl (C=O) groups is 2. The first-order valence-electron chi connectivity index (χ1n) is 8.81. The number of para-hydroxylation sites is 1. The molecule has 2 amide bonds. The van der Waals surface area contributed by atoms with E-state index in [4.69, 9.17) is 9.47 Å². The van der Waals surface area contributed by atoms with Crippen LogP contribution in [-0.2, 0) is 11.2 Å². The number of nitrogens with one attached hydrogen (secondary N) is 1. The molecule has 0 saturated heterocycles. The van der Waals surface area contributed by atoms with Crippen LogP contribution in [-0.4, -0.2) is 38.1 Å². The second-order valence-corrected chi connectivity index (χ2v) is 6.99. The molecule has 2 aromatic carbocycles. The Kier molecular flexibility index (Phi) is 6.46. The van der Waals surface area contributed by atoms with Crippen LogP contribution >= 0.6 is 11.3 Å². The van der Waals surface area contributed by atoms with E-state index in [1.807, 2.05) is 30.3 Å². The van der Waals surface area contributed by atoms with Gasteiger partial charge < -0.3 is 14.4 Å². The van der Waals surface area contributed by atoms with Crippen LogP contribution in [0.3, 0.4) is 0 Å². The van der Waals surface area contributed by atoms with Crippen molar-refractivity contribution >= 4 is 34.0 Å². The predicted molar refractivity (Wildman–Crippen MR) is 113 cm³/mol. The van der Waals surface area contributed by atoms with E-state index < -0.39 is 0 Å². The Morgan fingerprint density at radius 1 is 1.07 bits per heavy atom. The van der Waals surface area contributed by atoms with Crippen molar-refractivity contribution in [1.29, 1.82) is 0 Å². The zero-order valence-corrected chi connectivity index (χ0v) is 17.2. The van der Waals surface area contributed by atoms with Crippen molar-refractivity contribution in [2.24, 2.45) is 0 Å². The van der Waals surface area contributed by atoms with Crippen LogP contribution in [0.25, 0.3) is 0 Å². The quantitative estimate of drug-likeness (QED) is 0.642. The molecule has 0 spiro atoms. The minimum atomic E-state index is -0.320. The Hall–Kier alpha value is -3.39. The first-order valence-corrected chi connectivity index (χ1v) is 9.69. The van der Waals surface area contributed by atoms with Crippen molar-refractivity contribution < 1.29 is 19.1 Å². The van der Waals surface area contributed by atoms with Gasteiger partial charge in [0.15, 0.2) is 16.6 Å². The standard InChI is InChI=1S/C21H21N3O4S/c1-24(16-7-5-4-6-8-16)19(25)12-15-13-29-21(22-15)23-20(26)14-9-10-17(27-2)18(11-14)28-3/h4-11,13H,12H2,1-3H3,(H,22,23,26). The van der Waals surface area contributed by atoms with Gasteiger partial charge in [0.1, 0.15) is 0 Å². The summed E-state index contributed by atoms with van der Waals surface area (Å²) in [5.74, 6) is 0.606. The van der Waals surface area contributed by atoms with Crippen LogP contribution in [0.4, 0.5) is 10.8 Å². The van der Waals surface area contributed by atoms with Crippen LogP contribution in [0.5, 0.6) is 11.5 Å². The molecule has 1 heterocycles. The van der Waals surface area contributed by atoms with Gasteiger partial charge in [-0.1, -0.05) is 18.2 Å². The predicted octanol–water partition coefficient (Wildman–Crippen LogP) is 3.62. The van der Waals surface area contributed by atoms with Crippen molar-refractivity contribution in [2.45, 2.75) is 6.42 Å². The lowest BCUT2D eigenvalue weighted by Crippen LogP contribution is -2.27. The average molecular weight is 411 g/mol. The molecular formula is C21H21N3O4S. The average Bonchev–Trinajstić information content (AvgIpc) is 3.19. The van der Waals surface area contributed by atoms with Crippen molar-refractivity contribution in [3.8, 4) is 11.5 Å². The molecule has 3 aromatic rings. The molecule has 0 saturated carbocycles. The van der Waals surface area contributed by atoms with Gasteiger partial charge in [0, 0.05) is 23.7 Å². The fourth-order valence-corrected chi connectivity index (χ4v) is 3.37. The van der Waals surface area contributed by atoms with E-state index in [1.54, 1.807) is 35.5 Å². The summed E-state index contributed by atoms with van der Waals surface area (Å²) in [6.45, 7) is 0. The molecule has 8 heteroatoms. The summed E-state index contributed by atoms with van der Waals surface area (Å²) in [4.78, 5) is 30.9. The molecular weight excluding hydrogens is 390 g/mol. The highest BCUT2D eigenvalue weighted by Crippen LogP contribution is 2.28. The number of ether oxygens (including phenoxy) is 2. The van der Waals surface area contributed by atoms with Crippen LogP contribution < -0.4 is 19.7 Å². The highest BCUT2D eigenvalue weighted by molar-refractivity contribution is 7.14. The lowest BCUT2D eigenvalue weighted by Gasteiger charge is -2.16. The number of hydrogen-bond acceptors (Lipinski definition) is 6. The number of benzene rings is 2. The number of carbonyl (C=O) groups excluding carboxylic acids is 2. The fraction of sp³-hybridized carbons (Fsp3) is 0.190. The molecule has 0 radical (unpaired) electrons. The molecule has 1 N–H and O–H groups in total. The maximum absolute atomic E-state index is 12.5. The topological polar surface area (TPSA) is 80.8 Å². The van der Waals surface area contributed by atoms with E-state index in [0.29, 0.717) is 27.9 Å². The molecule has 7 nitrogen and oxygen atoms in total. The molecule has 3 rings (SSSR count). The van der Waals surface area contributed by atoms with Gasteiger partial charge in [-0.3, -0.25) is 14.9 Å². The summed E-state index contributed by atoms with van der Waals surface area (Å²) in [6.07, 6.45) is 0.147. The van der Waals surface area contributed by atoms with Crippen molar-refractivity contribution in [3.05, 3.63) is 65.2 Å². The maximum Gasteiger partial charge on any atom is 0.257 e. The molecule has 0 aliphatic carbocycles. The minimum Gasteiger partial charge on any atom is -0.493 e. The zero-order chi connectivity index (χ0) is 20.8. The number of aromatic nitrogens is 1. The maximum atomic E-state index is 12.5. The lowest BCUT2D eigenvalue weighted by molar-refractivity contribution is -0.117. The van der Waals surface area contributed by atoms with Crippen LogP contribution in [0.1, 0.15) is 16.1 Å². The van der Waals surface area contributed by atoms with E-state index in [-0.39, 0.29) is 18.2 Å². The number of rotatable bonds is 7. The van der Waals surface area contributed by atoms with E-state index in [0.717, 1.165) is 5.69 Å². The number of amides is 2. The smallest absolute Gasteiger partial charge is 0.257 e. The van der Waals surface area contributed by atoms with Crippen molar-refractivity contribution in [2.75, 3.05) is 31.5 Å². The van der Waals surface area contributed by atoms with Crippen molar-refractivity contribution in [3.63, 3.8) is 0 Å². The first-order chi connectivity index (χ1) is 14.0. The summed E-state index contributed by atoms with van der Waals surface area (Å²) in [5, 5.41) is 4.94. The highest BCUT2D eigenvalue weighted by Gasteiger charge is 2.16. The van der Waals surface area contributed by atoms with Crippen molar-refractivity contribution in [1.82, 2.24) is 4.98 Å². The Balaban J connectivity index is 1.64. The Labute approximate surface area is 172 Å². The Bertz CT molecular complexity index is 1000. The molecule has 0 unspecified atom stereocenters. The van der Waals surface area contributed by atoms with Gasteiger partial charge in [-0.05, 0) is 30.3 Å². The zero-order valence-electron chi connectivity index (χ0n) is 16.3. The molecule has 0 aliphatic heterocycles. The normalized spacial score (nSPS) is 10.3. The number of likely N-dealkylation sites (N-methyl/N-ethyl adjacent to an activating group) is 1. The summed E-state index contributed by atoms with van der Waals surface area (Å²) < 4.78 is 10.4. The Morgan fingerprint density at radius 2 is 1.79 bits per heavy atom. The van der Waals surface area contributed by atoms with Gasteiger partial charge in [0.25, 0.3) is 5.91 Å². The van der Waals surface area contributed by atoms with Gasteiger partial charge in [0.2, 0.25) is 5.91 Å².